The second kappa shape index (κ2) is 5.24. The Morgan fingerprint density at radius 3 is 1.60 bits per heavy atom. The first-order valence-electron chi connectivity index (χ1n) is 8.33. The van der Waals surface area contributed by atoms with E-state index in [0.717, 1.165) is 65.0 Å². The fraction of sp³-hybridized carbons (Fsp3) is 1.00. The lowest BCUT2D eigenvalue weighted by Crippen LogP contribution is -2.26. The highest BCUT2D eigenvalue weighted by Gasteiger charge is 2.46. The fourth-order valence-corrected chi connectivity index (χ4v) is 4.39. The summed E-state index contributed by atoms with van der Waals surface area (Å²) in [6.45, 7) is 3.52. The van der Waals surface area contributed by atoms with Crippen LogP contribution in [0.3, 0.4) is 0 Å². The van der Waals surface area contributed by atoms with Gasteiger partial charge in [0.05, 0.1) is 26.4 Å². The Morgan fingerprint density at radius 1 is 0.700 bits per heavy atom. The maximum Gasteiger partial charge on any atom is 0.168 e. The van der Waals surface area contributed by atoms with Gasteiger partial charge in [0.15, 0.2) is 11.6 Å². The lowest BCUT2D eigenvalue weighted by atomic mass is 9.90. The largest absolute Gasteiger partial charge is 0.350 e. The molecule has 4 heterocycles. The Kier molecular flexibility index (Phi) is 3.53. The highest BCUT2D eigenvalue weighted by atomic mass is 16.7. The lowest BCUT2D eigenvalue weighted by Gasteiger charge is -2.21. The molecule has 20 heavy (non-hydrogen) atoms. The van der Waals surface area contributed by atoms with Gasteiger partial charge in [0.2, 0.25) is 0 Å². The molecule has 0 aromatic carbocycles. The van der Waals surface area contributed by atoms with Gasteiger partial charge in [-0.2, -0.15) is 0 Å². The molecule has 2 spiro atoms. The Bertz CT molecular complexity index is 310. The van der Waals surface area contributed by atoms with Crippen molar-refractivity contribution in [3.8, 4) is 0 Å². The molecule has 0 aliphatic carbocycles. The second-order valence-electron chi connectivity index (χ2n) is 7.07. The van der Waals surface area contributed by atoms with Crippen LogP contribution in [0.5, 0.6) is 0 Å². The molecule has 0 N–H and O–H groups in total. The van der Waals surface area contributed by atoms with E-state index in [-0.39, 0.29) is 11.6 Å². The Morgan fingerprint density at radius 2 is 1.20 bits per heavy atom. The SMILES string of the molecule is C1CO[C@@]2(C1)C[C@@H](CC[C@H]1CO[C@]3(CCCO3)C1)CO2. The fourth-order valence-electron chi connectivity index (χ4n) is 4.39. The van der Waals surface area contributed by atoms with Gasteiger partial charge in [0, 0.05) is 25.7 Å². The van der Waals surface area contributed by atoms with Crippen molar-refractivity contribution in [1.82, 2.24) is 0 Å². The summed E-state index contributed by atoms with van der Waals surface area (Å²) in [5.74, 6) is 0.947. The molecule has 0 radical (unpaired) electrons. The van der Waals surface area contributed by atoms with Crippen molar-refractivity contribution in [2.75, 3.05) is 26.4 Å². The van der Waals surface area contributed by atoms with Gasteiger partial charge >= 0.3 is 0 Å². The smallest absolute Gasteiger partial charge is 0.168 e. The normalized spacial score (nSPS) is 48.0. The van der Waals surface area contributed by atoms with Crippen molar-refractivity contribution in [2.45, 2.75) is 62.9 Å². The molecular weight excluding hydrogens is 256 g/mol. The van der Waals surface area contributed by atoms with Crippen LogP contribution in [-0.4, -0.2) is 38.0 Å². The van der Waals surface area contributed by atoms with Gasteiger partial charge in [-0.05, 0) is 37.5 Å². The van der Waals surface area contributed by atoms with Crippen LogP contribution in [0.15, 0.2) is 0 Å². The van der Waals surface area contributed by atoms with Crippen molar-refractivity contribution in [3.05, 3.63) is 0 Å². The van der Waals surface area contributed by atoms with E-state index in [1.807, 2.05) is 0 Å². The molecule has 4 heteroatoms. The van der Waals surface area contributed by atoms with Gasteiger partial charge in [-0.1, -0.05) is 0 Å². The highest BCUT2D eigenvalue weighted by Crippen LogP contribution is 2.43. The average molecular weight is 282 g/mol. The predicted molar refractivity (Wildman–Crippen MR) is 73.2 cm³/mol. The molecule has 0 amide bonds. The minimum absolute atomic E-state index is 0.202. The quantitative estimate of drug-likeness (QED) is 0.797. The predicted octanol–water partition coefficient (Wildman–Crippen LogP) is 2.85. The third-order valence-electron chi connectivity index (χ3n) is 5.48. The zero-order chi connectivity index (χ0) is 13.5. The highest BCUT2D eigenvalue weighted by molar-refractivity contribution is 4.88. The number of hydrogen-bond acceptors (Lipinski definition) is 4. The van der Waals surface area contributed by atoms with E-state index in [2.05, 4.69) is 0 Å². The molecule has 4 saturated heterocycles. The molecule has 4 rings (SSSR count). The summed E-state index contributed by atoms with van der Waals surface area (Å²) in [6.07, 6.45) is 9.18. The number of hydrogen-bond donors (Lipinski definition) is 0. The summed E-state index contributed by atoms with van der Waals surface area (Å²) in [5.41, 5.74) is 0. The van der Waals surface area contributed by atoms with E-state index in [1.54, 1.807) is 0 Å². The lowest BCUT2D eigenvalue weighted by molar-refractivity contribution is -0.179. The van der Waals surface area contributed by atoms with E-state index in [9.17, 15) is 0 Å². The third-order valence-corrected chi connectivity index (χ3v) is 5.48. The van der Waals surface area contributed by atoms with E-state index >= 15 is 0 Å². The van der Waals surface area contributed by atoms with Crippen LogP contribution in [-0.2, 0) is 18.9 Å². The zero-order valence-corrected chi connectivity index (χ0v) is 12.3. The molecule has 4 atom stereocenters. The van der Waals surface area contributed by atoms with Crippen LogP contribution in [0.1, 0.15) is 51.4 Å². The van der Waals surface area contributed by atoms with Gasteiger partial charge in [-0.3, -0.25) is 0 Å². The van der Waals surface area contributed by atoms with Crippen LogP contribution in [0.4, 0.5) is 0 Å². The summed E-state index contributed by atoms with van der Waals surface area (Å²) in [5, 5.41) is 0. The summed E-state index contributed by atoms with van der Waals surface area (Å²) in [4.78, 5) is 0. The van der Waals surface area contributed by atoms with E-state index in [4.69, 9.17) is 18.9 Å². The van der Waals surface area contributed by atoms with Crippen LogP contribution < -0.4 is 0 Å². The molecule has 0 saturated carbocycles. The summed E-state index contributed by atoms with van der Waals surface area (Å²) in [6, 6.07) is 0. The van der Waals surface area contributed by atoms with Gasteiger partial charge in [-0.15, -0.1) is 0 Å². The van der Waals surface area contributed by atoms with Crippen LogP contribution in [0.25, 0.3) is 0 Å². The van der Waals surface area contributed by atoms with Gasteiger partial charge in [-0.25, -0.2) is 0 Å². The van der Waals surface area contributed by atoms with Gasteiger partial charge in [0.1, 0.15) is 0 Å². The Labute approximate surface area is 121 Å². The van der Waals surface area contributed by atoms with Crippen LogP contribution in [0, 0.1) is 11.8 Å². The molecule has 0 aromatic rings. The first-order valence-corrected chi connectivity index (χ1v) is 8.33. The monoisotopic (exact) mass is 282 g/mol. The van der Waals surface area contributed by atoms with Gasteiger partial charge < -0.3 is 18.9 Å². The molecule has 0 unspecified atom stereocenters. The maximum absolute atomic E-state index is 5.94. The minimum atomic E-state index is -0.202. The minimum Gasteiger partial charge on any atom is -0.350 e. The molecule has 0 aromatic heterocycles. The van der Waals surface area contributed by atoms with E-state index < -0.39 is 0 Å². The van der Waals surface area contributed by atoms with Crippen molar-refractivity contribution < 1.29 is 18.9 Å². The molecular formula is C16H26O4. The standard InChI is InChI=1S/C16H26O4/c1-5-15(17-7-1)9-13(11-19-15)3-4-14-10-16(20-12-14)6-2-8-18-16/h13-14H,1-12H2/t13-,14-,15-,16-/m1/s1. The van der Waals surface area contributed by atoms with E-state index in [1.165, 1.54) is 12.8 Å². The van der Waals surface area contributed by atoms with Crippen LogP contribution >= 0.6 is 0 Å². The molecule has 4 aliphatic rings. The van der Waals surface area contributed by atoms with Crippen molar-refractivity contribution in [1.29, 1.82) is 0 Å². The topological polar surface area (TPSA) is 36.9 Å². The molecule has 4 aliphatic heterocycles. The first kappa shape index (κ1) is 13.5. The molecule has 4 nitrogen and oxygen atoms in total. The van der Waals surface area contributed by atoms with E-state index in [0.29, 0.717) is 11.8 Å². The Balaban J connectivity index is 1.23. The molecule has 4 fully saturated rings. The first-order chi connectivity index (χ1) is 9.78. The third kappa shape index (κ3) is 2.52. The van der Waals surface area contributed by atoms with Gasteiger partial charge in [0.25, 0.3) is 0 Å². The maximum atomic E-state index is 5.94. The van der Waals surface area contributed by atoms with Crippen LogP contribution in [0.2, 0.25) is 0 Å². The average Bonchev–Trinajstić information content (AvgIpc) is 3.22. The number of ether oxygens (including phenoxy) is 4. The molecule has 0 bridgehead atoms. The Hall–Kier alpha value is -0.160. The summed E-state index contributed by atoms with van der Waals surface area (Å²) < 4.78 is 23.5. The molecule has 114 valence electrons. The van der Waals surface area contributed by atoms with Crippen molar-refractivity contribution >= 4 is 0 Å². The summed E-state index contributed by atoms with van der Waals surface area (Å²) in [7, 11) is 0. The zero-order valence-electron chi connectivity index (χ0n) is 12.3. The second-order valence-corrected chi connectivity index (χ2v) is 7.07. The summed E-state index contributed by atoms with van der Waals surface area (Å²) >= 11 is 0. The van der Waals surface area contributed by atoms with Crippen molar-refractivity contribution in [2.24, 2.45) is 11.8 Å². The van der Waals surface area contributed by atoms with Crippen molar-refractivity contribution in [3.63, 3.8) is 0 Å². The number of rotatable bonds is 3.